The molecule has 200 valence electrons. The molecule has 0 fully saturated rings. The van der Waals surface area contributed by atoms with Crippen LogP contribution in [0.5, 0.6) is 0 Å². The molecule has 0 heterocycles. The Labute approximate surface area is 219 Å². The highest BCUT2D eigenvalue weighted by Crippen LogP contribution is 2.10. The summed E-state index contributed by atoms with van der Waals surface area (Å²) >= 11 is 0. The van der Waals surface area contributed by atoms with Gasteiger partial charge in [0.25, 0.3) is 11.8 Å². The molecule has 37 heavy (non-hydrogen) atoms. The van der Waals surface area contributed by atoms with E-state index in [1.807, 2.05) is 24.1 Å². The van der Waals surface area contributed by atoms with Gasteiger partial charge < -0.3 is 15.7 Å². The van der Waals surface area contributed by atoms with Crippen LogP contribution in [0.3, 0.4) is 0 Å². The lowest BCUT2D eigenvalue weighted by Crippen LogP contribution is -2.51. The number of carbonyl (C=O) groups excluding carboxylic acids is 3. The van der Waals surface area contributed by atoms with Gasteiger partial charge in [0.15, 0.2) is 0 Å². The largest absolute Gasteiger partial charge is 0.391 e. The third-order valence-electron chi connectivity index (χ3n) is 5.39. The highest BCUT2D eigenvalue weighted by Gasteiger charge is 2.25. The number of aliphatic hydroxyl groups is 1. The average molecular weight is 511 g/mol. The van der Waals surface area contributed by atoms with E-state index in [9.17, 15) is 19.5 Å². The van der Waals surface area contributed by atoms with Gasteiger partial charge in [-0.05, 0) is 75.5 Å². The first-order chi connectivity index (χ1) is 17.2. The standard InChI is InChI=1S/C27H34N4O5.CH4/c1-4-5-6-17-31(3)18-24(33)28-23-15-11-21(12-16-23)8-7-20-9-13-22(14-10-20)26(34)29-25(19(2)32)27(35)30-36;/h9-16,19,25,32,36H,4-6,17-18H2,1-3H3,(H,28,33)(H,29,34)(H,30,35);1H4/t19-,25+;/m1./s1. The molecule has 2 aromatic carbocycles. The Kier molecular flexibility index (Phi) is 13.6. The minimum Gasteiger partial charge on any atom is -0.391 e. The summed E-state index contributed by atoms with van der Waals surface area (Å²) in [5.41, 5.74) is 3.83. The van der Waals surface area contributed by atoms with Crippen LogP contribution in [-0.2, 0) is 9.59 Å². The molecule has 3 amide bonds. The molecule has 0 bridgehead atoms. The zero-order valence-corrected chi connectivity index (χ0v) is 20.9. The highest BCUT2D eigenvalue weighted by atomic mass is 16.5. The second-order valence-electron chi connectivity index (χ2n) is 8.57. The van der Waals surface area contributed by atoms with Gasteiger partial charge in [-0.15, -0.1) is 0 Å². The third kappa shape index (κ3) is 10.8. The van der Waals surface area contributed by atoms with Crippen LogP contribution in [0.4, 0.5) is 5.69 Å². The fourth-order valence-corrected chi connectivity index (χ4v) is 3.34. The summed E-state index contributed by atoms with van der Waals surface area (Å²) in [6.07, 6.45) is 2.19. The van der Waals surface area contributed by atoms with Crippen molar-refractivity contribution < 1.29 is 24.7 Å². The van der Waals surface area contributed by atoms with Gasteiger partial charge in [-0.3, -0.25) is 24.5 Å². The summed E-state index contributed by atoms with van der Waals surface area (Å²) in [6.45, 7) is 4.71. The summed E-state index contributed by atoms with van der Waals surface area (Å²) in [6, 6.07) is 12.4. The van der Waals surface area contributed by atoms with Crippen molar-refractivity contribution in [2.75, 3.05) is 25.5 Å². The molecule has 5 N–H and O–H groups in total. The molecule has 0 saturated heterocycles. The number of aliphatic hydroxyl groups excluding tert-OH is 1. The molecule has 0 aliphatic carbocycles. The third-order valence-corrected chi connectivity index (χ3v) is 5.39. The van der Waals surface area contributed by atoms with E-state index in [4.69, 9.17) is 5.21 Å². The van der Waals surface area contributed by atoms with E-state index < -0.39 is 24.0 Å². The van der Waals surface area contributed by atoms with Gasteiger partial charge >= 0.3 is 0 Å². The molecule has 0 aliphatic rings. The second-order valence-corrected chi connectivity index (χ2v) is 8.57. The Morgan fingerprint density at radius 2 is 1.54 bits per heavy atom. The number of hydroxylamine groups is 1. The maximum absolute atomic E-state index is 12.3. The lowest BCUT2D eigenvalue weighted by Gasteiger charge is -2.19. The lowest BCUT2D eigenvalue weighted by atomic mass is 10.1. The maximum atomic E-state index is 12.3. The first-order valence-corrected chi connectivity index (χ1v) is 11.9. The number of likely N-dealkylation sites (N-methyl/N-ethyl adjacent to an activating group) is 1. The summed E-state index contributed by atoms with van der Waals surface area (Å²) in [5.74, 6) is 4.49. The van der Waals surface area contributed by atoms with E-state index in [0.717, 1.165) is 31.4 Å². The van der Waals surface area contributed by atoms with Gasteiger partial charge in [0, 0.05) is 22.4 Å². The Balaban J connectivity index is 0.00000684. The Hall–Kier alpha value is -3.71. The Morgan fingerprint density at radius 1 is 0.973 bits per heavy atom. The number of unbranched alkanes of at least 4 members (excludes halogenated alkanes) is 2. The van der Waals surface area contributed by atoms with Crippen LogP contribution in [0.25, 0.3) is 0 Å². The number of hydrogen-bond donors (Lipinski definition) is 5. The molecule has 9 heteroatoms. The average Bonchev–Trinajstić information content (AvgIpc) is 2.86. The predicted octanol–water partition coefficient (Wildman–Crippen LogP) is 2.77. The minimum atomic E-state index is -1.29. The number of nitrogens with zero attached hydrogens (tertiary/aromatic N) is 1. The van der Waals surface area contributed by atoms with E-state index in [-0.39, 0.29) is 18.9 Å². The fraction of sp³-hybridized carbons (Fsp3) is 0.393. The van der Waals surface area contributed by atoms with Crippen molar-refractivity contribution in [3.8, 4) is 11.8 Å². The molecule has 0 aliphatic heterocycles. The number of rotatable bonds is 11. The van der Waals surface area contributed by atoms with Crippen LogP contribution in [0.1, 0.15) is 62.0 Å². The van der Waals surface area contributed by atoms with E-state index in [0.29, 0.717) is 17.8 Å². The number of nitrogens with one attached hydrogen (secondary N) is 3. The zero-order chi connectivity index (χ0) is 26.5. The Morgan fingerprint density at radius 3 is 2.05 bits per heavy atom. The molecule has 0 radical (unpaired) electrons. The summed E-state index contributed by atoms with van der Waals surface area (Å²) in [5, 5.41) is 23.6. The van der Waals surface area contributed by atoms with Gasteiger partial charge in [-0.1, -0.05) is 39.0 Å². The molecule has 2 aromatic rings. The highest BCUT2D eigenvalue weighted by molar-refractivity contribution is 5.97. The normalized spacial score (nSPS) is 11.8. The molecule has 9 nitrogen and oxygen atoms in total. The van der Waals surface area contributed by atoms with Crippen molar-refractivity contribution in [3.63, 3.8) is 0 Å². The second kappa shape index (κ2) is 16.1. The maximum Gasteiger partial charge on any atom is 0.268 e. The van der Waals surface area contributed by atoms with Crippen molar-refractivity contribution in [1.29, 1.82) is 0 Å². The van der Waals surface area contributed by atoms with Crippen molar-refractivity contribution >= 4 is 23.4 Å². The van der Waals surface area contributed by atoms with Crippen molar-refractivity contribution in [2.24, 2.45) is 0 Å². The SMILES string of the molecule is C.CCCCCN(C)CC(=O)Nc1ccc(C#Cc2ccc(C(=O)N[C@H](C(=O)NO)[C@@H](C)O)cc2)cc1. The van der Waals surface area contributed by atoms with Gasteiger partial charge in [-0.2, -0.15) is 0 Å². The zero-order valence-electron chi connectivity index (χ0n) is 20.9. The topological polar surface area (TPSA) is 131 Å². The van der Waals surface area contributed by atoms with Gasteiger partial charge in [-0.25, -0.2) is 5.48 Å². The van der Waals surface area contributed by atoms with E-state index >= 15 is 0 Å². The molecular weight excluding hydrogens is 472 g/mol. The number of benzene rings is 2. The van der Waals surface area contributed by atoms with Gasteiger partial charge in [0.1, 0.15) is 6.04 Å². The molecular formula is C28H38N4O5. The molecule has 0 spiro atoms. The monoisotopic (exact) mass is 510 g/mol. The molecule has 0 saturated carbocycles. The summed E-state index contributed by atoms with van der Waals surface area (Å²) < 4.78 is 0. The number of amides is 3. The van der Waals surface area contributed by atoms with Crippen LogP contribution in [0.2, 0.25) is 0 Å². The quantitative estimate of drug-likeness (QED) is 0.137. The number of anilines is 1. The number of carbonyl (C=O) groups is 3. The van der Waals surface area contributed by atoms with Gasteiger partial charge in [0.05, 0.1) is 12.6 Å². The van der Waals surface area contributed by atoms with Gasteiger partial charge in [0.2, 0.25) is 5.91 Å². The van der Waals surface area contributed by atoms with Crippen LogP contribution >= 0.6 is 0 Å². The van der Waals surface area contributed by atoms with Crippen LogP contribution < -0.4 is 16.1 Å². The number of hydrogen-bond acceptors (Lipinski definition) is 6. The molecule has 2 rings (SSSR count). The Bertz CT molecular complexity index is 1070. The lowest BCUT2D eigenvalue weighted by molar-refractivity contribution is -0.133. The van der Waals surface area contributed by atoms with Crippen LogP contribution in [-0.4, -0.2) is 65.2 Å². The molecule has 2 atom stereocenters. The van der Waals surface area contributed by atoms with Crippen LogP contribution in [0, 0.1) is 11.8 Å². The summed E-state index contributed by atoms with van der Waals surface area (Å²) in [4.78, 5) is 38.1. The predicted molar refractivity (Wildman–Crippen MR) is 144 cm³/mol. The van der Waals surface area contributed by atoms with E-state index in [2.05, 4.69) is 29.4 Å². The smallest absolute Gasteiger partial charge is 0.268 e. The first-order valence-electron chi connectivity index (χ1n) is 11.9. The van der Waals surface area contributed by atoms with E-state index in [1.54, 1.807) is 36.4 Å². The fourth-order valence-electron chi connectivity index (χ4n) is 3.34. The van der Waals surface area contributed by atoms with Crippen molar-refractivity contribution in [3.05, 3.63) is 65.2 Å². The van der Waals surface area contributed by atoms with Crippen molar-refractivity contribution in [2.45, 2.75) is 52.7 Å². The molecule has 0 aromatic heterocycles. The van der Waals surface area contributed by atoms with E-state index in [1.165, 1.54) is 12.4 Å². The first kappa shape index (κ1) is 31.3. The van der Waals surface area contributed by atoms with Crippen molar-refractivity contribution in [1.82, 2.24) is 15.7 Å². The summed E-state index contributed by atoms with van der Waals surface area (Å²) in [7, 11) is 1.94. The molecule has 0 unspecified atom stereocenters. The van der Waals surface area contributed by atoms with Crippen LogP contribution in [0.15, 0.2) is 48.5 Å². The minimum absolute atomic E-state index is 0.